The van der Waals surface area contributed by atoms with Crippen LogP contribution in [0.4, 0.5) is 0 Å². The van der Waals surface area contributed by atoms with E-state index in [1.807, 2.05) is 0 Å². The first kappa shape index (κ1) is 92.8. The standard InChI is InChI=1S/C77H140O17P2/c1-5-9-13-17-21-25-29-31-33-34-35-36-38-40-44-46-50-54-58-62-75(80)88-68-73(94-77(82)64-60-56-52-48-42-28-24-20-16-12-8-4)70-92-96(85,86)90-66-71(78)65-89-95(83,84)91-69-72(93-76(81)63-59-55-51-47-41-27-23-19-15-11-7-3)67-87-74(79)61-57-53-49-45-43-39-37-32-30-26-22-18-14-10-6-2/h9,13,19,21,23,25,31,33,35-36,71-73,78H,5-8,10-12,14-18,20,22,24,26-30,32,34,37-70H2,1-4H3,(H,83,84)(H,85,86)/b13-9-,23-19-,25-21-,33-31-,36-35-. The van der Waals surface area contributed by atoms with Crippen LogP contribution in [0.15, 0.2) is 60.8 Å². The van der Waals surface area contributed by atoms with Crippen LogP contribution in [0.5, 0.6) is 0 Å². The van der Waals surface area contributed by atoms with Gasteiger partial charge in [0.05, 0.1) is 26.4 Å². The van der Waals surface area contributed by atoms with E-state index in [1.165, 1.54) is 122 Å². The Hall–Kier alpha value is -3.24. The molecule has 0 fully saturated rings. The molecule has 0 aliphatic rings. The number of aliphatic hydroxyl groups is 1. The molecule has 0 radical (unpaired) electrons. The molecule has 0 saturated heterocycles. The van der Waals surface area contributed by atoms with Crippen LogP contribution >= 0.6 is 15.6 Å². The van der Waals surface area contributed by atoms with Gasteiger partial charge >= 0.3 is 39.5 Å². The molecule has 0 saturated carbocycles. The zero-order valence-corrected chi connectivity index (χ0v) is 62.8. The van der Waals surface area contributed by atoms with Crippen molar-refractivity contribution in [3.05, 3.63) is 60.8 Å². The summed E-state index contributed by atoms with van der Waals surface area (Å²) < 4.78 is 68.4. The van der Waals surface area contributed by atoms with Gasteiger partial charge in [-0.15, -0.1) is 0 Å². The molecule has 560 valence electrons. The highest BCUT2D eigenvalue weighted by molar-refractivity contribution is 7.47. The van der Waals surface area contributed by atoms with Gasteiger partial charge in [-0.1, -0.05) is 300 Å². The minimum Gasteiger partial charge on any atom is -0.462 e. The molecule has 0 aromatic carbocycles. The second kappa shape index (κ2) is 70.2. The average molecular weight is 1400 g/mol. The maximum Gasteiger partial charge on any atom is 0.472 e. The van der Waals surface area contributed by atoms with E-state index >= 15 is 0 Å². The summed E-state index contributed by atoms with van der Waals surface area (Å²) in [5.74, 6) is -2.17. The molecule has 0 aromatic heterocycles. The van der Waals surface area contributed by atoms with E-state index in [0.29, 0.717) is 25.7 Å². The maximum atomic E-state index is 13.1. The van der Waals surface area contributed by atoms with Crippen LogP contribution < -0.4 is 0 Å². The molecule has 96 heavy (non-hydrogen) atoms. The number of phosphoric ester groups is 2. The van der Waals surface area contributed by atoms with Gasteiger partial charge in [-0.2, -0.15) is 0 Å². The van der Waals surface area contributed by atoms with Crippen LogP contribution in [0.25, 0.3) is 0 Å². The summed E-state index contributed by atoms with van der Waals surface area (Å²) in [7, 11) is -9.93. The van der Waals surface area contributed by atoms with Gasteiger partial charge in [-0.3, -0.25) is 37.3 Å². The molecular formula is C77H140O17P2. The number of allylic oxidation sites excluding steroid dienone is 10. The van der Waals surface area contributed by atoms with Crippen molar-refractivity contribution in [2.45, 2.75) is 367 Å². The van der Waals surface area contributed by atoms with Gasteiger partial charge in [0.1, 0.15) is 19.3 Å². The van der Waals surface area contributed by atoms with E-state index in [2.05, 4.69) is 88.5 Å². The van der Waals surface area contributed by atoms with Crippen LogP contribution in [-0.2, 0) is 65.4 Å². The third-order valence-corrected chi connectivity index (χ3v) is 18.4. The van der Waals surface area contributed by atoms with E-state index in [4.69, 9.17) is 37.0 Å². The second-order valence-corrected chi connectivity index (χ2v) is 28.8. The number of esters is 4. The minimum atomic E-state index is -4.97. The Balaban J connectivity index is 5.25. The lowest BCUT2D eigenvalue weighted by atomic mass is 10.0. The zero-order chi connectivity index (χ0) is 70.4. The number of carbonyl (C=O) groups is 4. The lowest BCUT2D eigenvalue weighted by molar-refractivity contribution is -0.161. The van der Waals surface area contributed by atoms with E-state index in [9.17, 15) is 43.2 Å². The van der Waals surface area contributed by atoms with Crippen molar-refractivity contribution in [1.29, 1.82) is 0 Å². The van der Waals surface area contributed by atoms with Crippen molar-refractivity contribution in [1.82, 2.24) is 0 Å². The van der Waals surface area contributed by atoms with Crippen LogP contribution in [0, 0.1) is 0 Å². The fourth-order valence-electron chi connectivity index (χ4n) is 10.6. The maximum absolute atomic E-state index is 13.1. The number of hydrogen-bond donors (Lipinski definition) is 3. The van der Waals surface area contributed by atoms with Gasteiger partial charge in [0.2, 0.25) is 0 Å². The summed E-state index contributed by atoms with van der Waals surface area (Å²) in [6.07, 6.45) is 67.9. The molecule has 3 N–H and O–H groups in total. The van der Waals surface area contributed by atoms with Crippen LogP contribution in [-0.4, -0.2) is 96.7 Å². The fraction of sp³-hybridized carbons (Fsp3) is 0.818. The predicted molar refractivity (Wildman–Crippen MR) is 390 cm³/mol. The zero-order valence-electron chi connectivity index (χ0n) is 61.1. The summed E-state index contributed by atoms with van der Waals surface area (Å²) in [6.45, 7) is 4.75. The molecule has 0 aliphatic heterocycles. The van der Waals surface area contributed by atoms with Crippen molar-refractivity contribution >= 4 is 39.5 Å². The molecule has 5 atom stereocenters. The van der Waals surface area contributed by atoms with E-state index in [1.54, 1.807) is 0 Å². The lowest BCUT2D eigenvalue weighted by Crippen LogP contribution is -2.30. The van der Waals surface area contributed by atoms with Crippen molar-refractivity contribution in [2.24, 2.45) is 0 Å². The largest absolute Gasteiger partial charge is 0.472 e. The van der Waals surface area contributed by atoms with E-state index in [0.717, 1.165) is 148 Å². The number of carbonyl (C=O) groups excluding carboxylic acids is 4. The van der Waals surface area contributed by atoms with Crippen molar-refractivity contribution < 1.29 is 80.2 Å². The highest BCUT2D eigenvalue weighted by Crippen LogP contribution is 2.45. The molecule has 5 unspecified atom stereocenters. The summed E-state index contributed by atoms with van der Waals surface area (Å²) in [4.78, 5) is 72.7. The Morgan fingerprint density at radius 2 is 0.552 bits per heavy atom. The third kappa shape index (κ3) is 69.2. The van der Waals surface area contributed by atoms with Crippen LogP contribution in [0.3, 0.4) is 0 Å². The fourth-order valence-corrected chi connectivity index (χ4v) is 12.2. The Kier molecular flexibility index (Phi) is 67.8. The molecule has 0 amide bonds. The minimum absolute atomic E-state index is 0.0903. The molecule has 0 rings (SSSR count). The normalized spacial score (nSPS) is 14.3. The number of unbranched alkanes of at least 4 members (excludes halogenated alkanes) is 37. The summed E-state index contributed by atoms with van der Waals surface area (Å²) in [6, 6.07) is 0. The van der Waals surface area contributed by atoms with E-state index < -0.39 is 97.5 Å². The number of aliphatic hydroxyl groups excluding tert-OH is 1. The van der Waals surface area contributed by atoms with Crippen LogP contribution in [0.1, 0.15) is 349 Å². The smallest absolute Gasteiger partial charge is 0.462 e. The molecule has 0 heterocycles. The summed E-state index contributed by atoms with van der Waals surface area (Å²) >= 11 is 0. The Morgan fingerprint density at radius 1 is 0.302 bits per heavy atom. The topological polar surface area (TPSA) is 237 Å². The van der Waals surface area contributed by atoms with Gasteiger partial charge in [0.15, 0.2) is 12.2 Å². The SMILES string of the molecule is CC/C=C\C/C=C\C/C=C\C/C=C\CCCCCCCCC(=O)OCC(COP(=O)(O)OCC(O)COP(=O)(O)OCC(COC(=O)CCCCCCCCCCCCCCCCC)OC(=O)CCCCCCC/C=C\CCCC)OC(=O)CCCCCCCCCCCCC. The Bertz CT molecular complexity index is 2060. The highest BCUT2D eigenvalue weighted by atomic mass is 31.2. The quantitative estimate of drug-likeness (QED) is 0.0169. The van der Waals surface area contributed by atoms with Gasteiger partial charge in [-0.25, -0.2) is 9.13 Å². The molecule has 0 aromatic rings. The average Bonchev–Trinajstić information content (AvgIpc) is 1.15. The first-order chi connectivity index (χ1) is 46.7. The first-order valence-electron chi connectivity index (χ1n) is 38.5. The number of ether oxygens (including phenoxy) is 4. The molecule has 19 heteroatoms. The third-order valence-electron chi connectivity index (χ3n) is 16.5. The molecule has 0 spiro atoms. The van der Waals surface area contributed by atoms with Gasteiger partial charge < -0.3 is 33.8 Å². The highest BCUT2D eigenvalue weighted by Gasteiger charge is 2.30. The first-order valence-corrected chi connectivity index (χ1v) is 41.5. The van der Waals surface area contributed by atoms with Gasteiger partial charge in [0.25, 0.3) is 0 Å². The Labute approximate surface area is 584 Å². The van der Waals surface area contributed by atoms with Crippen molar-refractivity contribution in [3.63, 3.8) is 0 Å². The van der Waals surface area contributed by atoms with Crippen LogP contribution in [0.2, 0.25) is 0 Å². The predicted octanol–water partition coefficient (Wildman–Crippen LogP) is 21.9. The molecule has 0 bridgehead atoms. The monoisotopic (exact) mass is 1400 g/mol. The Morgan fingerprint density at radius 3 is 0.875 bits per heavy atom. The second-order valence-electron chi connectivity index (χ2n) is 25.9. The summed E-state index contributed by atoms with van der Waals surface area (Å²) in [5, 5.41) is 10.6. The van der Waals surface area contributed by atoms with Crippen molar-refractivity contribution in [2.75, 3.05) is 39.6 Å². The number of rotatable bonds is 73. The molecule has 17 nitrogen and oxygen atoms in total. The lowest BCUT2D eigenvalue weighted by Gasteiger charge is -2.21. The van der Waals surface area contributed by atoms with Crippen molar-refractivity contribution in [3.8, 4) is 0 Å². The number of hydrogen-bond acceptors (Lipinski definition) is 15. The molecule has 0 aliphatic carbocycles. The van der Waals surface area contributed by atoms with E-state index in [-0.39, 0.29) is 25.7 Å². The van der Waals surface area contributed by atoms with Gasteiger partial charge in [-0.05, 0) is 83.5 Å². The number of phosphoric acid groups is 2. The van der Waals surface area contributed by atoms with Gasteiger partial charge in [0, 0.05) is 25.7 Å². The molecular weight excluding hydrogens is 1260 g/mol. The summed E-state index contributed by atoms with van der Waals surface area (Å²) in [5.41, 5.74) is 0.